The first kappa shape index (κ1) is 17.6. The van der Waals surface area contributed by atoms with Crippen molar-refractivity contribution in [3.8, 4) is 17.5 Å². The van der Waals surface area contributed by atoms with Crippen molar-refractivity contribution in [1.29, 1.82) is 5.26 Å². The molecule has 0 saturated heterocycles. The molecule has 0 aromatic carbocycles. The van der Waals surface area contributed by atoms with Crippen LogP contribution >= 0.6 is 0 Å². The molecule has 29 heavy (non-hydrogen) atoms. The van der Waals surface area contributed by atoms with E-state index in [1.54, 1.807) is 51.4 Å². The predicted octanol–water partition coefficient (Wildman–Crippen LogP) is 1.79. The van der Waals surface area contributed by atoms with E-state index in [2.05, 4.69) is 16.2 Å². The standard InChI is InChI=1S/C20H19N7O2/c1-25-17-11-22-18(15-10-23-26-7-6-12(9-21)8-16(15)26)24-19(17)27(20(25)29)13-2-4-14(28)5-3-13/h6-8,10-11,13-14,28H,2-5H2,1H3/t13-,14-. The van der Waals surface area contributed by atoms with Gasteiger partial charge in [0, 0.05) is 19.3 Å². The van der Waals surface area contributed by atoms with Gasteiger partial charge in [-0.1, -0.05) is 0 Å². The molecule has 1 saturated carbocycles. The van der Waals surface area contributed by atoms with Gasteiger partial charge in [0.05, 0.1) is 41.2 Å². The number of imidazole rings is 1. The first-order chi connectivity index (χ1) is 14.1. The van der Waals surface area contributed by atoms with E-state index < -0.39 is 0 Å². The van der Waals surface area contributed by atoms with Gasteiger partial charge in [0.15, 0.2) is 11.5 Å². The van der Waals surface area contributed by atoms with Gasteiger partial charge in [0.2, 0.25) is 0 Å². The second kappa shape index (κ2) is 6.53. The van der Waals surface area contributed by atoms with Gasteiger partial charge in [-0.15, -0.1) is 0 Å². The summed E-state index contributed by atoms with van der Waals surface area (Å²) in [5, 5.41) is 23.3. The van der Waals surface area contributed by atoms with E-state index in [1.165, 1.54) is 0 Å². The predicted molar refractivity (Wildman–Crippen MR) is 105 cm³/mol. The maximum atomic E-state index is 12.9. The molecule has 4 heterocycles. The molecule has 4 aromatic heterocycles. The number of hydrogen-bond donors (Lipinski definition) is 1. The Labute approximate surface area is 165 Å². The normalized spacial score (nSPS) is 19.6. The molecule has 5 rings (SSSR count). The van der Waals surface area contributed by atoms with E-state index in [4.69, 9.17) is 4.98 Å². The lowest BCUT2D eigenvalue weighted by molar-refractivity contribution is 0.110. The summed E-state index contributed by atoms with van der Waals surface area (Å²) in [4.78, 5) is 22.1. The molecule has 1 fully saturated rings. The van der Waals surface area contributed by atoms with Crippen LogP contribution in [-0.4, -0.2) is 39.9 Å². The largest absolute Gasteiger partial charge is 0.393 e. The van der Waals surface area contributed by atoms with Crippen molar-refractivity contribution < 1.29 is 5.11 Å². The average molecular weight is 389 g/mol. The second-order valence-corrected chi connectivity index (χ2v) is 7.49. The highest BCUT2D eigenvalue weighted by Gasteiger charge is 2.26. The molecule has 0 atom stereocenters. The summed E-state index contributed by atoms with van der Waals surface area (Å²) in [6, 6.07) is 5.58. The van der Waals surface area contributed by atoms with Crippen molar-refractivity contribution in [3.63, 3.8) is 0 Å². The lowest BCUT2D eigenvalue weighted by atomic mass is 9.93. The Hall–Kier alpha value is -3.51. The summed E-state index contributed by atoms with van der Waals surface area (Å²) in [6.07, 6.45) is 7.58. The number of hydrogen-bond acceptors (Lipinski definition) is 6. The van der Waals surface area contributed by atoms with Crippen LogP contribution in [0.1, 0.15) is 37.3 Å². The minimum atomic E-state index is -0.296. The Morgan fingerprint density at radius 3 is 2.76 bits per heavy atom. The third-order valence-electron chi connectivity index (χ3n) is 5.76. The monoisotopic (exact) mass is 389 g/mol. The highest BCUT2D eigenvalue weighted by atomic mass is 16.3. The number of aryl methyl sites for hydroxylation is 1. The van der Waals surface area contributed by atoms with E-state index in [-0.39, 0.29) is 17.8 Å². The summed E-state index contributed by atoms with van der Waals surface area (Å²) in [7, 11) is 1.72. The smallest absolute Gasteiger partial charge is 0.330 e. The summed E-state index contributed by atoms with van der Waals surface area (Å²) >= 11 is 0. The summed E-state index contributed by atoms with van der Waals surface area (Å²) in [5.74, 6) is 0.456. The molecule has 146 valence electrons. The van der Waals surface area contributed by atoms with Crippen molar-refractivity contribution in [2.75, 3.05) is 0 Å². The first-order valence-corrected chi connectivity index (χ1v) is 9.56. The fourth-order valence-electron chi connectivity index (χ4n) is 4.13. The van der Waals surface area contributed by atoms with Crippen LogP contribution in [0.25, 0.3) is 28.1 Å². The van der Waals surface area contributed by atoms with E-state index >= 15 is 0 Å². The average Bonchev–Trinajstić information content (AvgIpc) is 3.27. The Morgan fingerprint density at radius 1 is 1.21 bits per heavy atom. The number of nitrogens with zero attached hydrogens (tertiary/aromatic N) is 7. The van der Waals surface area contributed by atoms with Crippen molar-refractivity contribution in [1.82, 2.24) is 28.7 Å². The molecule has 0 bridgehead atoms. The number of aliphatic hydroxyl groups is 1. The molecule has 0 unspecified atom stereocenters. The van der Waals surface area contributed by atoms with E-state index in [0.717, 1.165) is 18.4 Å². The van der Waals surface area contributed by atoms with E-state index in [1.807, 2.05) is 0 Å². The zero-order valence-corrected chi connectivity index (χ0v) is 15.9. The summed E-state index contributed by atoms with van der Waals surface area (Å²) < 4.78 is 4.97. The maximum absolute atomic E-state index is 12.9. The van der Waals surface area contributed by atoms with Gasteiger partial charge in [-0.2, -0.15) is 10.4 Å². The van der Waals surface area contributed by atoms with Crippen LogP contribution in [0.5, 0.6) is 0 Å². The highest BCUT2D eigenvalue weighted by Crippen LogP contribution is 2.30. The molecule has 0 amide bonds. The van der Waals surface area contributed by atoms with Gasteiger partial charge in [0.25, 0.3) is 0 Å². The fraction of sp³-hybridized carbons (Fsp3) is 0.350. The van der Waals surface area contributed by atoms with Gasteiger partial charge in [-0.25, -0.2) is 19.3 Å². The zero-order chi connectivity index (χ0) is 20.1. The highest BCUT2D eigenvalue weighted by molar-refractivity contribution is 5.80. The molecule has 9 nitrogen and oxygen atoms in total. The van der Waals surface area contributed by atoms with Gasteiger partial charge in [-0.05, 0) is 37.8 Å². The molecular formula is C20H19N7O2. The molecule has 4 aromatic rings. The van der Waals surface area contributed by atoms with Crippen LogP contribution in [0.2, 0.25) is 0 Å². The van der Waals surface area contributed by atoms with E-state index in [0.29, 0.717) is 41.0 Å². The molecular weight excluding hydrogens is 370 g/mol. The molecule has 1 N–H and O–H groups in total. The van der Waals surface area contributed by atoms with Crippen molar-refractivity contribution in [2.45, 2.75) is 37.8 Å². The third kappa shape index (κ3) is 2.72. The van der Waals surface area contributed by atoms with Crippen LogP contribution in [0.15, 0.2) is 35.5 Å². The number of rotatable bonds is 2. The first-order valence-electron chi connectivity index (χ1n) is 9.56. The number of aromatic nitrogens is 6. The number of nitriles is 1. The minimum absolute atomic E-state index is 0.00597. The molecule has 0 aliphatic heterocycles. The van der Waals surface area contributed by atoms with Gasteiger partial charge in [0.1, 0.15) is 5.52 Å². The van der Waals surface area contributed by atoms with Gasteiger partial charge >= 0.3 is 5.69 Å². The number of pyridine rings is 1. The zero-order valence-electron chi connectivity index (χ0n) is 15.9. The lowest BCUT2D eigenvalue weighted by Crippen LogP contribution is -2.30. The molecule has 0 radical (unpaired) electrons. The molecule has 0 spiro atoms. The quantitative estimate of drug-likeness (QED) is 0.559. The Balaban J connectivity index is 1.69. The van der Waals surface area contributed by atoms with Gasteiger partial charge in [-0.3, -0.25) is 9.13 Å². The molecule has 1 aliphatic carbocycles. The Kier molecular flexibility index (Phi) is 3.96. The van der Waals surface area contributed by atoms with Crippen molar-refractivity contribution >= 4 is 16.7 Å². The molecule has 1 aliphatic rings. The molecule has 9 heteroatoms. The lowest BCUT2D eigenvalue weighted by Gasteiger charge is -2.26. The van der Waals surface area contributed by atoms with Crippen LogP contribution in [0, 0.1) is 11.3 Å². The summed E-state index contributed by atoms with van der Waals surface area (Å²) in [6.45, 7) is 0. The fourth-order valence-corrected chi connectivity index (χ4v) is 4.13. The van der Waals surface area contributed by atoms with Crippen LogP contribution in [0.3, 0.4) is 0 Å². The van der Waals surface area contributed by atoms with E-state index in [9.17, 15) is 15.2 Å². The minimum Gasteiger partial charge on any atom is -0.393 e. The SMILES string of the molecule is Cn1c(=O)n([C@H]2CC[C@H](O)CC2)c2nc(-c3cnn4ccc(C#N)cc34)ncc21. The van der Waals surface area contributed by atoms with Crippen molar-refractivity contribution in [2.24, 2.45) is 7.05 Å². The van der Waals surface area contributed by atoms with Crippen LogP contribution < -0.4 is 5.69 Å². The second-order valence-electron chi connectivity index (χ2n) is 7.49. The number of aliphatic hydroxyl groups excluding tert-OH is 1. The van der Waals surface area contributed by atoms with Crippen LogP contribution in [0.4, 0.5) is 0 Å². The Morgan fingerprint density at radius 2 is 2.00 bits per heavy atom. The third-order valence-corrected chi connectivity index (χ3v) is 5.76. The maximum Gasteiger partial charge on any atom is 0.330 e. The topological polar surface area (TPSA) is 114 Å². The Bertz CT molecular complexity index is 1330. The van der Waals surface area contributed by atoms with Crippen molar-refractivity contribution in [3.05, 3.63) is 46.8 Å². The summed E-state index contributed by atoms with van der Waals surface area (Å²) in [5.41, 5.74) is 3.08. The number of fused-ring (bicyclic) bond motifs is 2. The van der Waals surface area contributed by atoms with Crippen LogP contribution in [-0.2, 0) is 7.05 Å². The van der Waals surface area contributed by atoms with Gasteiger partial charge < -0.3 is 5.11 Å².